The Kier molecular flexibility index (Phi) is 7.84. The fraction of sp³-hybridized carbons (Fsp3) is 0.353. The zero-order chi connectivity index (χ0) is 20.7. The molecule has 8 nitrogen and oxygen atoms in total. The normalized spacial score (nSPS) is 12.2. The topological polar surface area (TPSA) is 101 Å². The van der Waals surface area contributed by atoms with Crippen LogP contribution in [0.1, 0.15) is 13.3 Å². The van der Waals surface area contributed by atoms with Crippen molar-refractivity contribution in [2.45, 2.75) is 23.7 Å². The molecule has 0 fully saturated rings. The smallest absolute Gasteiger partial charge is 0.250 e. The van der Waals surface area contributed by atoms with E-state index in [-0.39, 0.29) is 6.42 Å². The van der Waals surface area contributed by atoms with Crippen LogP contribution in [0.4, 0.5) is 10.8 Å². The molecule has 1 atom stereocenters. The summed E-state index contributed by atoms with van der Waals surface area (Å²) in [7, 11) is -2.24. The van der Waals surface area contributed by atoms with Gasteiger partial charge >= 0.3 is 0 Å². The highest BCUT2D eigenvalue weighted by Gasteiger charge is 2.32. The van der Waals surface area contributed by atoms with E-state index < -0.39 is 22.0 Å². The summed E-state index contributed by atoms with van der Waals surface area (Å²) < 4.78 is 31.9. The molecule has 0 aliphatic carbocycles. The first-order valence-electron chi connectivity index (χ1n) is 8.31. The van der Waals surface area contributed by atoms with Crippen molar-refractivity contribution in [3.05, 3.63) is 36.9 Å². The number of sulfonamides is 1. The molecule has 11 heteroatoms. The van der Waals surface area contributed by atoms with Crippen molar-refractivity contribution in [2.75, 3.05) is 28.7 Å². The lowest BCUT2D eigenvalue weighted by atomic mass is 10.2. The predicted molar refractivity (Wildman–Crippen MR) is 114 cm³/mol. The minimum absolute atomic E-state index is 0.271. The van der Waals surface area contributed by atoms with Gasteiger partial charge in [0.05, 0.1) is 19.1 Å². The molecular weight excluding hydrogens is 420 g/mol. The third-order valence-corrected chi connectivity index (χ3v) is 6.75. The summed E-state index contributed by atoms with van der Waals surface area (Å²) >= 11 is 2.67. The van der Waals surface area contributed by atoms with Gasteiger partial charge in [0.1, 0.15) is 11.8 Å². The van der Waals surface area contributed by atoms with Crippen LogP contribution >= 0.6 is 23.1 Å². The fourth-order valence-corrected chi connectivity index (χ4v) is 5.16. The molecule has 0 saturated carbocycles. The largest absolute Gasteiger partial charge is 0.497 e. The fourth-order valence-electron chi connectivity index (χ4n) is 2.45. The number of benzene rings is 1. The van der Waals surface area contributed by atoms with Crippen molar-refractivity contribution >= 4 is 49.8 Å². The molecule has 0 saturated heterocycles. The molecule has 1 aromatic heterocycles. The summed E-state index contributed by atoms with van der Waals surface area (Å²) in [5.41, 5.74) is 0.350. The Hall–Kier alpha value is -2.11. The number of hydrogen-bond acceptors (Lipinski definition) is 8. The first kappa shape index (κ1) is 22.2. The van der Waals surface area contributed by atoms with E-state index in [9.17, 15) is 13.2 Å². The van der Waals surface area contributed by atoms with Crippen LogP contribution in [0.15, 0.2) is 41.3 Å². The van der Waals surface area contributed by atoms with Crippen LogP contribution in [-0.2, 0) is 14.8 Å². The lowest BCUT2D eigenvalue weighted by Gasteiger charge is -2.29. The SMILES string of the molecule is C=CCSc1nnc(NC(=O)C(CC)N(c2cccc(OC)c2)S(C)(=O)=O)s1. The molecule has 0 aliphatic heterocycles. The number of hydrogen-bond donors (Lipinski definition) is 1. The third-order valence-electron chi connectivity index (χ3n) is 3.60. The van der Waals surface area contributed by atoms with E-state index in [4.69, 9.17) is 4.74 Å². The first-order valence-corrected chi connectivity index (χ1v) is 12.0. The maximum atomic E-state index is 12.9. The third kappa shape index (κ3) is 5.69. The molecular formula is C17H22N4O4S3. The lowest BCUT2D eigenvalue weighted by Crippen LogP contribution is -2.47. The maximum absolute atomic E-state index is 12.9. The second-order valence-corrected chi connectivity index (χ2v) is 9.75. The molecule has 28 heavy (non-hydrogen) atoms. The highest BCUT2D eigenvalue weighted by Crippen LogP contribution is 2.28. The van der Waals surface area contributed by atoms with Crippen LogP contribution in [0, 0.1) is 0 Å². The Bertz CT molecular complexity index is 930. The zero-order valence-electron chi connectivity index (χ0n) is 15.8. The van der Waals surface area contributed by atoms with Gasteiger partial charge in [0.25, 0.3) is 0 Å². The number of amides is 1. The number of anilines is 2. The maximum Gasteiger partial charge on any atom is 0.250 e. The molecule has 1 heterocycles. The molecule has 0 spiro atoms. The van der Waals surface area contributed by atoms with Crippen molar-refractivity contribution in [3.8, 4) is 5.75 Å². The monoisotopic (exact) mass is 442 g/mol. The van der Waals surface area contributed by atoms with Gasteiger partial charge in [0.2, 0.25) is 21.1 Å². The number of rotatable bonds is 10. The van der Waals surface area contributed by atoms with Crippen molar-refractivity contribution in [1.29, 1.82) is 0 Å². The Labute approximate surface area is 173 Å². The van der Waals surface area contributed by atoms with Crippen molar-refractivity contribution in [1.82, 2.24) is 10.2 Å². The molecule has 152 valence electrons. The minimum atomic E-state index is -3.73. The average molecular weight is 443 g/mol. The molecule has 1 unspecified atom stereocenters. The van der Waals surface area contributed by atoms with E-state index in [0.29, 0.717) is 26.7 Å². The van der Waals surface area contributed by atoms with Gasteiger partial charge in [0.15, 0.2) is 4.34 Å². The number of nitrogens with zero attached hydrogens (tertiary/aromatic N) is 3. The number of methoxy groups -OCH3 is 1. The number of carbonyl (C=O) groups excluding carboxylic acids is 1. The molecule has 1 aromatic carbocycles. The average Bonchev–Trinajstić information content (AvgIpc) is 3.10. The van der Waals surface area contributed by atoms with Gasteiger partial charge in [-0.2, -0.15) is 0 Å². The summed E-state index contributed by atoms with van der Waals surface area (Å²) in [6.45, 7) is 5.39. The van der Waals surface area contributed by atoms with E-state index in [1.54, 1.807) is 37.3 Å². The molecule has 2 rings (SSSR count). The van der Waals surface area contributed by atoms with Gasteiger partial charge in [-0.1, -0.05) is 42.2 Å². The van der Waals surface area contributed by atoms with Crippen molar-refractivity contribution < 1.29 is 17.9 Å². The summed E-state index contributed by atoms with van der Waals surface area (Å²) in [5.74, 6) is 0.694. The molecule has 2 aromatic rings. The molecule has 0 aliphatic rings. The zero-order valence-corrected chi connectivity index (χ0v) is 18.2. The quantitative estimate of drug-likeness (QED) is 0.343. The van der Waals surface area contributed by atoms with Crippen LogP contribution in [0.5, 0.6) is 5.75 Å². The minimum Gasteiger partial charge on any atom is -0.497 e. The van der Waals surface area contributed by atoms with Gasteiger partial charge in [-0.05, 0) is 18.6 Å². The van der Waals surface area contributed by atoms with Gasteiger partial charge in [-0.25, -0.2) is 8.42 Å². The van der Waals surface area contributed by atoms with Gasteiger partial charge in [0, 0.05) is 11.8 Å². The van der Waals surface area contributed by atoms with E-state index in [1.165, 1.54) is 30.2 Å². The van der Waals surface area contributed by atoms with Crippen LogP contribution < -0.4 is 14.4 Å². The number of aromatic nitrogens is 2. The van der Waals surface area contributed by atoms with Crippen LogP contribution in [-0.4, -0.2) is 49.7 Å². The van der Waals surface area contributed by atoms with Crippen LogP contribution in [0.2, 0.25) is 0 Å². The second kappa shape index (κ2) is 9.89. The molecule has 1 amide bonds. The number of nitrogens with one attached hydrogen (secondary N) is 1. The molecule has 1 N–H and O–H groups in total. The van der Waals surface area contributed by atoms with E-state index in [2.05, 4.69) is 22.1 Å². The van der Waals surface area contributed by atoms with E-state index >= 15 is 0 Å². The number of carbonyl (C=O) groups is 1. The van der Waals surface area contributed by atoms with E-state index in [0.717, 1.165) is 10.6 Å². The standard InChI is InChI=1S/C17H22N4O4S3/c1-5-10-26-17-20-19-16(27-17)18-15(22)14(6-2)21(28(4,23)24)12-8-7-9-13(11-12)25-3/h5,7-9,11,14H,1,6,10H2,2-4H3,(H,18,19,22). The van der Waals surface area contributed by atoms with Crippen LogP contribution in [0.25, 0.3) is 0 Å². The Morgan fingerprint density at radius 1 is 1.46 bits per heavy atom. The highest BCUT2D eigenvalue weighted by atomic mass is 32.2. The first-order chi connectivity index (χ1) is 13.3. The Morgan fingerprint density at radius 2 is 2.21 bits per heavy atom. The Morgan fingerprint density at radius 3 is 2.82 bits per heavy atom. The predicted octanol–water partition coefficient (Wildman–Crippen LogP) is 3.01. The van der Waals surface area contributed by atoms with Gasteiger partial charge in [-0.3, -0.25) is 14.4 Å². The summed E-state index contributed by atoms with van der Waals surface area (Å²) in [4.78, 5) is 12.9. The number of thioether (sulfide) groups is 1. The van der Waals surface area contributed by atoms with Crippen LogP contribution in [0.3, 0.4) is 0 Å². The van der Waals surface area contributed by atoms with E-state index in [1.807, 2.05) is 0 Å². The highest BCUT2D eigenvalue weighted by molar-refractivity contribution is 8.01. The van der Waals surface area contributed by atoms with Gasteiger partial charge < -0.3 is 4.74 Å². The lowest BCUT2D eigenvalue weighted by molar-refractivity contribution is -0.117. The van der Waals surface area contributed by atoms with Gasteiger partial charge in [-0.15, -0.1) is 16.8 Å². The Balaban J connectivity index is 2.28. The van der Waals surface area contributed by atoms with Crippen molar-refractivity contribution in [2.24, 2.45) is 0 Å². The summed E-state index contributed by atoms with van der Waals surface area (Å²) in [6.07, 6.45) is 3.08. The summed E-state index contributed by atoms with van der Waals surface area (Å²) in [5, 5.41) is 10.9. The molecule has 0 radical (unpaired) electrons. The molecule has 0 bridgehead atoms. The number of ether oxygens (including phenoxy) is 1. The summed E-state index contributed by atoms with van der Waals surface area (Å²) in [6, 6.07) is 5.62. The van der Waals surface area contributed by atoms with Crippen molar-refractivity contribution in [3.63, 3.8) is 0 Å². The second-order valence-electron chi connectivity index (χ2n) is 5.65.